The smallest absolute Gasteiger partial charge is 0.416 e. The normalized spacial score (nSPS) is 15.9. The first kappa shape index (κ1) is 25.0. The number of methoxy groups -OCH3 is 1. The summed E-state index contributed by atoms with van der Waals surface area (Å²) >= 11 is 0. The standard InChI is InChI=1S/C21H25F3N4O4S/c1-27-7-9-28(10-8-27)13-15-3-5-16(12-17(15)21(22,23)24)26-20(29)14-4-6-18(32-2)19(11-14)33(25,30)31/h3-6,11-12H,7-10,13H2,1-2H3,(H,26,29)(H2,25,30,31). The summed E-state index contributed by atoms with van der Waals surface area (Å²) < 4.78 is 69.7. The van der Waals surface area contributed by atoms with Crippen LogP contribution in [0.5, 0.6) is 5.75 Å². The SMILES string of the molecule is COc1ccc(C(=O)Nc2ccc(CN3CCN(C)CC3)c(C(F)(F)F)c2)cc1S(N)(=O)=O. The van der Waals surface area contributed by atoms with Gasteiger partial charge < -0.3 is 15.0 Å². The molecule has 0 spiro atoms. The molecule has 3 rings (SSSR count). The molecular weight excluding hydrogens is 461 g/mol. The lowest BCUT2D eigenvalue weighted by atomic mass is 10.0. The predicted octanol–water partition coefficient (Wildman–Crippen LogP) is 2.36. The zero-order valence-electron chi connectivity index (χ0n) is 18.1. The molecule has 1 saturated heterocycles. The summed E-state index contributed by atoms with van der Waals surface area (Å²) in [5.41, 5.74) is -0.887. The molecule has 33 heavy (non-hydrogen) atoms. The van der Waals surface area contributed by atoms with Crippen LogP contribution < -0.4 is 15.2 Å². The third-order valence-corrected chi connectivity index (χ3v) is 6.33. The van der Waals surface area contributed by atoms with Gasteiger partial charge in [-0.3, -0.25) is 9.69 Å². The quantitative estimate of drug-likeness (QED) is 0.650. The third kappa shape index (κ3) is 6.22. The van der Waals surface area contributed by atoms with E-state index >= 15 is 0 Å². The van der Waals surface area contributed by atoms with Gasteiger partial charge in [-0.1, -0.05) is 6.07 Å². The minimum Gasteiger partial charge on any atom is -0.495 e. The van der Waals surface area contributed by atoms with Crippen LogP contribution in [0, 0.1) is 0 Å². The zero-order valence-corrected chi connectivity index (χ0v) is 19.0. The highest BCUT2D eigenvalue weighted by atomic mass is 32.2. The molecule has 12 heteroatoms. The first-order chi connectivity index (χ1) is 15.4. The van der Waals surface area contributed by atoms with Crippen molar-refractivity contribution < 1.29 is 31.1 Å². The van der Waals surface area contributed by atoms with Crippen LogP contribution in [0.2, 0.25) is 0 Å². The van der Waals surface area contributed by atoms with E-state index in [0.29, 0.717) is 13.1 Å². The number of halogens is 3. The van der Waals surface area contributed by atoms with E-state index < -0.39 is 32.6 Å². The topological polar surface area (TPSA) is 105 Å². The van der Waals surface area contributed by atoms with E-state index in [-0.39, 0.29) is 29.1 Å². The molecule has 0 atom stereocenters. The molecule has 8 nitrogen and oxygen atoms in total. The summed E-state index contributed by atoms with van der Waals surface area (Å²) in [6, 6.07) is 7.16. The highest BCUT2D eigenvalue weighted by molar-refractivity contribution is 7.89. The van der Waals surface area contributed by atoms with E-state index in [1.807, 2.05) is 11.9 Å². The second-order valence-corrected chi connectivity index (χ2v) is 9.34. The Labute approximate surface area is 190 Å². The Morgan fingerprint density at radius 3 is 2.36 bits per heavy atom. The van der Waals surface area contributed by atoms with Crippen LogP contribution in [-0.4, -0.2) is 64.5 Å². The Hall–Kier alpha value is -2.67. The lowest BCUT2D eigenvalue weighted by Crippen LogP contribution is -2.44. The van der Waals surface area contributed by atoms with Crippen LogP contribution in [0.4, 0.5) is 18.9 Å². The van der Waals surface area contributed by atoms with Gasteiger partial charge in [0.05, 0.1) is 12.7 Å². The zero-order chi connectivity index (χ0) is 24.4. The average Bonchev–Trinajstić information content (AvgIpc) is 2.74. The van der Waals surface area contributed by atoms with Gasteiger partial charge in [0, 0.05) is 44.0 Å². The Kier molecular flexibility index (Phi) is 7.32. The van der Waals surface area contributed by atoms with Crippen LogP contribution >= 0.6 is 0 Å². The summed E-state index contributed by atoms with van der Waals surface area (Å²) in [5, 5.41) is 7.54. The van der Waals surface area contributed by atoms with Gasteiger partial charge in [-0.25, -0.2) is 13.6 Å². The Bertz CT molecular complexity index is 1130. The van der Waals surface area contributed by atoms with Crippen molar-refractivity contribution in [3.8, 4) is 5.75 Å². The van der Waals surface area contributed by atoms with Crippen LogP contribution in [0.3, 0.4) is 0 Å². The van der Waals surface area contributed by atoms with Crippen LogP contribution in [0.15, 0.2) is 41.3 Å². The van der Waals surface area contributed by atoms with Crippen molar-refractivity contribution in [3.63, 3.8) is 0 Å². The molecule has 1 aliphatic rings. The molecule has 1 fully saturated rings. The van der Waals surface area contributed by atoms with Crippen LogP contribution in [0.25, 0.3) is 0 Å². The molecular formula is C21H25F3N4O4S. The molecule has 1 aliphatic heterocycles. The average molecular weight is 487 g/mol. The lowest BCUT2D eigenvalue weighted by molar-refractivity contribution is -0.138. The number of carbonyl (C=O) groups is 1. The number of nitrogens with one attached hydrogen (secondary N) is 1. The largest absolute Gasteiger partial charge is 0.495 e. The first-order valence-corrected chi connectivity index (χ1v) is 11.6. The lowest BCUT2D eigenvalue weighted by Gasteiger charge is -2.33. The molecule has 180 valence electrons. The Balaban J connectivity index is 1.84. The number of alkyl halides is 3. The van der Waals surface area contributed by atoms with Gasteiger partial charge in [-0.2, -0.15) is 13.2 Å². The fraction of sp³-hybridized carbons (Fsp3) is 0.381. The number of nitrogens with zero attached hydrogens (tertiary/aromatic N) is 2. The van der Waals surface area contributed by atoms with E-state index in [4.69, 9.17) is 9.88 Å². The number of amides is 1. The van der Waals surface area contributed by atoms with Crippen molar-refractivity contribution in [2.24, 2.45) is 5.14 Å². The molecule has 1 amide bonds. The maximum Gasteiger partial charge on any atom is 0.416 e. The molecule has 0 radical (unpaired) electrons. The molecule has 3 N–H and O–H groups in total. The van der Waals surface area contributed by atoms with Gasteiger partial charge in [0.15, 0.2) is 0 Å². The molecule has 2 aromatic carbocycles. The summed E-state index contributed by atoms with van der Waals surface area (Å²) in [4.78, 5) is 16.3. The van der Waals surface area contributed by atoms with E-state index in [1.54, 1.807) is 0 Å². The second kappa shape index (κ2) is 9.67. The number of sulfonamides is 1. The van der Waals surface area contributed by atoms with Crippen molar-refractivity contribution in [3.05, 3.63) is 53.1 Å². The molecule has 0 bridgehead atoms. The summed E-state index contributed by atoms with van der Waals surface area (Å²) in [5.74, 6) is -0.843. The minimum atomic E-state index is -4.61. The molecule has 2 aromatic rings. The number of likely N-dealkylation sites (N-methyl/N-ethyl adjacent to an activating group) is 1. The maximum absolute atomic E-state index is 13.7. The van der Waals surface area contributed by atoms with Crippen molar-refractivity contribution in [2.45, 2.75) is 17.6 Å². The highest BCUT2D eigenvalue weighted by Crippen LogP contribution is 2.35. The molecule has 0 aliphatic carbocycles. The predicted molar refractivity (Wildman–Crippen MR) is 117 cm³/mol. The minimum absolute atomic E-state index is 0.0540. The maximum atomic E-state index is 13.7. The Morgan fingerprint density at radius 2 is 1.79 bits per heavy atom. The number of carbonyl (C=O) groups excluding carboxylic acids is 1. The van der Waals surface area contributed by atoms with E-state index in [1.165, 1.54) is 31.4 Å². The van der Waals surface area contributed by atoms with Gasteiger partial charge in [0.25, 0.3) is 5.91 Å². The van der Waals surface area contributed by atoms with E-state index in [9.17, 15) is 26.4 Å². The number of hydrogen-bond donors (Lipinski definition) is 2. The fourth-order valence-corrected chi connectivity index (χ4v) is 4.27. The van der Waals surface area contributed by atoms with E-state index in [2.05, 4.69) is 10.2 Å². The van der Waals surface area contributed by atoms with Crippen molar-refractivity contribution in [1.29, 1.82) is 0 Å². The van der Waals surface area contributed by atoms with Crippen molar-refractivity contribution >= 4 is 21.6 Å². The number of rotatable bonds is 6. The highest BCUT2D eigenvalue weighted by Gasteiger charge is 2.34. The van der Waals surface area contributed by atoms with Crippen LogP contribution in [-0.2, 0) is 22.7 Å². The number of piperazine rings is 1. The number of primary sulfonamides is 1. The van der Waals surface area contributed by atoms with Gasteiger partial charge in [0.1, 0.15) is 10.6 Å². The number of nitrogens with two attached hydrogens (primary N) is 1. The van der Waals surface area contributed by atoms with Gasteiger partial charge >= 0.3 is 6.18 Å². The number of benzene rings is 2. The summed E-state index contributed by atoms with van der Waals surface area (Å²) in [6.07, 6.45) is -4.61. The summed E-state index contributed by atoms with van der Waals surface area (Å²) in [7, 11) is -0.980. The molecule has 0 aromatic heterocycles. The van der Waals surface area contributed by atoms with Crippen molar-refractivity contribution in [1.82, 2.24) is 9.80 Å². The first-order valence-electron chi connectivity index (χ1n) is 10.0. The Morgan fingerprint density at radius 1 is 1.12 bits per heavy atom. The monoisotopic (exact) mass is 486 g/mol. The number of hydrogen-bond acceptors (Lipinski definition) is 6. The van der Waals surface area contributed by atoms with E-state index in [0.717, 1.165) is 25.2 Å². The third-order valence-electron chi connectivity index (χ3n) is 5.40. The van der Waals surface area contributed by atoms with Gasteiger partial charge in [0.2, 0.25) is 10.0 Å². The van der Waals surface area contributed by atoms with Crippen LogP contribution in [0.1, 0.15) is 21.5 Å². The fourth-order valence-electron chi connectivity index (χ4n) is 3.55. The summed E-state index contributed by atoms with van der Waals surface area (Å²) in [6.45, 7) is 3.02. The van der Waals surface area contributed by atoms with Crippen molar-refractivity contribution in [2.75, 3.05) is 45.7 Å². The molecule has 1 heterocycles. The van der Waals surface area contributed by atoms with Gasteiger partial charge in [-0.05, 0) is 42.9 Å². The molecule has 0 saturated carbocycles. The second-order valence-electron chi connectivity index (χ2n) is 7.81. The van der Waals surface area contributed by atoms with Gasteiger partial charge in [-0.15, -0.1) is 0 Å². The molecule has 0 unspecified atom stereocenters. The number of anilines is 1. The number of ether oxygens (including phenoxy) is 1.